The fraction of sp³-hybridized carbons (Fsp3) is 0.328. The summed E-state index contributed by atoms with van der Waals surface area (Å²) >= 11 is 0. The molecule has 8 nitrogen and oxygen atoms in total. The summed E-state index contributed by atoms with van der Waals surface area (Å²) in [5.74, 6) is 20.7. The number of rotatable bonds is 12. The van der Waals surface area contributed by atoms with E-state index in [0.717, 1.165) is 208 Å². The molecule has 16 bridgehead atoms. The van der Waals surface area contributed by atoms with Gasteiger partial charge in [-0.3, -0.25) is 0 Å². The van der Waals surface area contributed by atoms with Crippen molar-refractivity contribution in [3.8, 4) is 80.0 Å². The summed E-state index contributed by atoms with van der Waals surface area (Å²) < 4.78 is 0. The zero-order valence-electron chi connectivity index (χ0n) is 82.5. The lowest BCUT2D eigenvalue weighted by molar-refractivity contribution is 0.568. The highest BCUT2D eigenvalue weighted by atomic mass is 14.8. The third kappa shape index (κ3) is 16.9. The SMILES string of the molecule is CCC1=C(C)c2nc1cc1[nH]c(c(C)c1CC)c(-c1ccc(C#Cc3ccc(C#Cc4ccc(C#Cc5ccc(-c6c7nc(cc8[nH]c(c(C)c8CC)c(-c8cc(C(C)(C)C)cc(C(C)(C)C)c8)c8nc(cc9[nH]c6c(C)c9CC)C(CC)=C8C)C(CC)=C7C)cc5)cc4)cc3)cc1)c1nc(cc3[nH]c(c(C)c3CC)c2-c2cc(C(C)(C)C)cc(C(C)(C)C)c2)C(CC)=C1C. The van der Waals surface area contributed by atoms with Crippen LogP contribution >= 0.6 is 0 Å². The largest absolute Gasteiger partial charge is 0.354 e. The van der Waals surface area contributed by atoms with Crippen molar-refractivity contribution in [3.63, 3.8) is 0 Å². The van der Waals surface area contributed by atoms with Crippen LogP contribution in [-0.2, 0) is 47.3 Å². The Kier molecular flexibility index (Phi) is 24.5. The molecular weight excluding hydrogens is 1580 g/mol. The number of hydrogen-bond donors (Lipinski definition) is 4. The maximum atomic E-state index is 5.80. The predicted molar refractivity (Wildman–Crippen MR) is 557 cm³/mol. The lowest BCUT2D eigenvalue weighted by Gasteiger charge is -2.26. The molecular formula is C122H130N8. The Morgan fingerprint density at radius 2 is 0.415 bits per heavy atom. The van der Waals surface area contributed by atoms with Crippen LogP contribution in [0.15, 0.2) is 158 Å². The second-order valence-electron chi connectivity index (χ2n) is 40.4. The number of benzene rings is 6. The van der Waals surface area contributed by atoms with Crippen molar-refractivity contribution in [2.24, 2.45) is 0 Å². The number of aromatic nitrogens is 8. The van der Waals surface area contributed by atoms with Gasteiger partial charge < -0.3 is 19.9 Å². The number of nitrogens with one attached hydrogen (secondary N) is 4. The molecule has 0 aliphatic carbocycles. The van der Waals surface area contributed by atoms with Gasteiger partial charge in [-0.15, -0.1) is 0 Å². The van der Waals surface area contributed by atoms with E-state index in [9.17, 15) is 0 Å². The van der Waals surface area contributed by atoms with Crippen molar-refractivity contribution in [2.75, 3.05) is 0 Å². The Morgan fingerprint density at radius 1 is 0.231 bits per heavy atom. The fourth-order valence-corrected chi connectivity index (χ4v) is 20.2. The molecule has 8 heteroatoms. The molecule has 10 heterocycles. The van der Waals surface area contributed by atoms with Crippen molar-refractivity contribution in [3.05, 3.63) is 303 Å². The summed E-state index contributed by atoms with van der Waals surface area (Å²) in [6, 6.07) is 57.9. The Morgan fingerprint density at radius 3 is 0.592 bits per heavy atom. The highest BCUT2D eigenvalue weighted by Crippen LogP contribution is 2.50. The van der Waals surface area contributed by atoms with Crippen LogP contribution in [0.25, 0.3) is 133 Å². The van der Waals surface area contributed by atoms with Crippen molar-refractivity contribution < 1.29 is 0 Å². The lowest BCUT2D eigenvalue weighted by Crippen LogP contribution is -2.16. The summed E-state index contributed by atoms with van der Waals surface area (Å²) in [5, 5.41) is 0. The van der Waals surface area contributed by atoms with Gasteiger partial charge in [0.05, 0.1) is 67.6 Å². The molecule has 0 spiro atoms. The summed E-state index contributed by atoms with van der Waals surface area (Å²) in [6.45, 7) is 64.4. The summed E-state index contributed by atoms with van der Waals surface area (Å²) in [6.07, 6.45) is 6.78. The molecule has 0 fully saturated rings. The van der Waals surface area contributed by atoms with Gasteiger partial charge >= 0.3 is 0 Å². The molecule has 0 amide bonds. The van der Waals surface area contributed by atoms with Crippen LogP contribution in [0.3, 0.4) is 0 Å². The smallest absolute Gasteiger partial charge is 0.0769 e. The van der Waals surface area contributed by atoms with E-state index in [0.29, 0.717) is 0 Å². The first kappa shape index (κ1) is 90.5. The van der Waals surface area contributed by atoms with Gasteiger partial charge in [-0.1, -0.05) is 235 Å². The Hall–Kier alpha value is -12.8. The monoisotopic (exact) mass is 1710 g/mol. The van der Waals surface area contributed by atoms with Crippen molar-refractivity contribution in [1.29, 1.82) is 0 Å². The van der Waals surface area contributed by atoms with E-state index in [1.165, 1.54) is 122 Å². The first-order valence-electron chi connectivity index (χ1n) is 47.6. The van der Waals surface area contributed by atoms with Crippen LogP contribution in [0, 0.1) is 63.2 Å². The maximum Gasteiger partial charge on any atom is 0.0769 e. The number of fused-ring (bicyclic) bond motifs is 16. The van der Waals surface area contributed by atoms with Gasteiger partial charge in [0.2, 0.25) is 0 Å². The number of allylic oxidation sites excluding steroid dienone is 8. The van der Waals surface area contributed by atoms with Crippen LogP contribution in [0.4, 0.5) is 0 Å². The summed E-state index contributed by atoms with van der Waals surface area (Å²) in [5.41, 5.74) is 56.1. The minimum atomic E-state index is -0.0744. The second-order valence-corrected chi connectivity index (χ2v) is 40.4. The molecule has 0 saturated heterocycles. The molecule has 4 N–H and O–H groups in total. The van der Waals surface area contributed by atoms with Gasteiger partial charge in [-0.05, 0) is 359 Å². The highest BCUT2D eigenvalue weighted by molar-refractivity contribution is 6.07. The van der Waals surface area contributed by atoms with E-state index in [1.807, 2.05) is 0 Å². The first-order valence-corrected chi connectivity index (χ1v) is 47.6. The molecule has 0 atom stereocenters. The lowest BCUT2D eigenvalue weighted by atomic mass is 9.78. The van der Waals surface area contributed by atoms with Gasteiger partial charge in [0.25, 0.3) is 0 Å². The van der Waals surface area contributed by atoms with E-state index < -0.39 is 0 Å². The van der Waals surface area contributed by atoms with Gasteiger partial charge in [-0.25, -0.2) is 19.9 Å². The number of aryl methyl sites for hydroxylation is 8. The number of nitrogens with zero attached hydrogens (tertiary/aromatic N) is 4. The third-order valence-electron chi connectivity index (χ3n) is 28.0. The van der Waals surface area contributed by atoms with Crippen molar-refractivity contribution in [1.82, 2.24) is 39.9 Å². The fourth-order valence-electron chi connectivity index (χ4n) is 20.2. The molecule has 6 aromatic carbocycles. The van der Waals surface area contributed by atoms with Gasteiger partial charge in [0.1, 0.15) is 0 Å². The van der Waals surface area contributed by atoms with E-state index in [2.05, 4.69) is 407 Å². The summed E-state index contributed by atoms with van der Waals surface area (Å²) in [7, 11) is 0. The van der Waals surface area contributed by atoms with Crippen LogP contribution in [-0.4, -0.2) is 39.9 Å². The second kappa shape index (κ2) is 35.2. The minimum Gasteiger partial charge on any atom is -0.354 e. The molecule has 658 valence electrons. The molecule has 0 saturated carbocycles. The van der Waals surface area contributed by atoms with Crippen LogP contribution < -0.4 is 0 Å². The molecule has 4 aliphatic heterocycles. The average molecular weight is 1710 g/mol. The molecule has 12 aromatic rings. The van der Waals surface area contributed by atoms with Crippen LogP contribution in [0.1, 0.15) is 338 Å². The quantitative estimate of drug-likeness (QED) is 0.0912. The Labute approximate surface area is 773 Å². The number of H-pyrrole nitrogens is 4. The normalized spacial score (nSPS) is 13.2. The maximum absolute atomic E-state index is 5.80. The topological polar surface area (TPSA) is 115 Å². The van der Waals surface area contributed by atoms with Crippen molar-refractivity contribution in [2.45, 2.75) is 267 Å². The van der Waals surface area contributed by atoms with Crippen molar-refractivity contribution >= 4 is 88.7 Å². The van der Waals surface area contributed by atoms with E-state index >= 15 is 0 Å². The zero-order chi connectivity index (χ0) is 92.8. The van der Waals surface area contributed by atoms with Gasteiger partial charge in [0.15, 0.2) is 0 Å². The molecule has 6 aromatic heterocycles. The first-order chi connectivity index (χ1) is 61.9. The van der Waals surface area contributed by atoms with E-state index in [-0.39, 0.29) is 21.7 Å². The highest BCUT2D eigenvalue weighted by Gasteiger charge is 2.33. The summed E-state index contributed by atoms with van der Waals surface area (Å²) in [4.78, 5) is 39.5. The average Bonchev–Trinajstić information content (AvgIpc) is 1.58. The molecule has 0 unspecified atom stereocenters. The van der Waals surface area contributed by atoms with Crippen LogP contribution in [0.2, 0.25) is 0 Å². The Bertz CT molecular complexity index is 6870. The number of hydrogen-bond acceptors (Lipinski definition) is 4. The van der Waals surface area contributed by atoms with Gasteiger partial charge in [0, 0.05) is 77.7 Å². The zero-order valence-corrected chi connectivity index (χ0v) is 82.5. The van der Waals surface area contributed by atoms with Gasteiger partial charge in [-0.2, -0.15) is 0 Å². The minimum absolute atomic E-state index is 0.0744. The Balaban J connectivity index is 0.690. The molecule has 16 rings (SSSR count). The molecule has 130 heavy (non-hydrogen) atoms. The van der Waals surface area contributed by atoms with E-state index in [4.69, 9.17) is 19.9 Å². The molecule has 4 aliphatic rings. The van der Waals surface area contributed by atoms with Crippen LogP contribution in [0.5, 0.6) is 0 Å². The predicted octanol–water partition coefficient (Wildman–Crippen LogP) is 31.8. The standard InChI is InChI=1S/C122H130N8/c1-29-91-69(9)111-107(112-70(10)92(30-2)100(124-112)66-104-96(34-6)74(14)116(128-104)109(115-73(13)95(33-5)103(127-115)65-99(91)123-111)85-59-87(119(17,18)19)63-88(60-85)120(20,21)22)83-55-51-81(52-56-83)49-47-79-43-39-77(40-44-79)37-38-78-41-45-80(46-42-78)48-50-82-53-57-84(58-54-82)108-113-71(11)93(31-3)101(125-113)67-105-97(35-7)75(15)117(129-105)110(86-61-89(121(23,24)25)64-90(62-86)122(26,27)28)118-76(16)98(36-8)106(130-118)68-102-94(32-4)72(12)114(108)126-102/h39-46,51-68,123,125,128,130H,29-36H2,1-28H3. The number of aromatic amines is 4. The third-order valence-corrected chi connectivity index (χ3v) is 28.0. The van der Waals surface area contributed by atoms with E-state index in [1.54, 1.807) is 0 Å². The molecule has 0 radical (unpaired) electrons.